The number of nitrogens with zero attached hydrogens (tertiary/aromatic N) is 1. The predicted molar refractivity (Wildman–Crippen MR) is 65.6 cm³/mol. The highest BCUT2D eigenvalue weighted by Gasteiger charge is 2.36. The fraction of sp³-hybridized carbons (Fsp3) is 0.462. The van der Waals surface area contributed by atoms with Gasteiger partial charge in [-0.15, -0.1) is 0 Å². The van der Waals surface area contributed by atoms with Gasteiger partial charge in [-0.25, -0.2) is 4.39 Å². The smallest absolute Gasteiger partial charge is 0.257 e. The molecule has 0 aliphatic carbocycles. The molecule has 0 spiro atoms. The van der Waals surface area contributed by atoms with Crippen LogP contribution >= 0.6 is 0 Å². The highest BCUT2D eigenvalue weighted by Crippen LogP contribution is 2.23. The van der Waals surface area contributed by atoms with Crippen LogP contribution in [-0.2, 0) is 9.47 Å². The van der Waals surface area contributed by atoms with E-state index in [1.165, 1.54) is 11.0 Å². The van der Waals surface area contributed by atoms with Crippen molar-refractivity contribution in [1.29, 1.82) is 0 Å². The van der Waals surface area contributed by atoms with Crippen molar-refractivity contribution in [2.45, 2.75) is 12.2 Å². The first-order valence-corrected chi connectivity index (χ1v) is 5.90. The Labute approximate surface area is 110 Å². The lowest BCUT2D eigenvalue weighted by Gasteiger charge is -2.16. The standard InChI is InChI=1S/C13H16FNO4/c1-18-11-6-15(7-12(11)19-2)13(17)9-5-8(14)3-4-10(9)16/h3-5,11-12,16H,6-7H2,1-2H3. The van der Waals surface area contributed by atoms with Crippen LogP contribution in [0.3, 0.4) is 0 Å². The van der Waals surface area contributed by atoms with Crippen LogP contribution in [0.5, 0.6) is 5.75 Å². The molecule has 1 N–H and O–H groups in total. The topological polar surface area (TPSA) is 59.0 Å². The second-order valence-corrected chi connectivity index (χ2v) is 4.42. The van der Waals surface area contributed by atoms with Gasteiger partial charge in [0, 0.05) is 27.3 Å². The van der Waals surface area contributed by atoms with E-state index in [1.807, 2.05) is 0 Å². The van der Waals surface area contributed by atoms with E-state index >= 15 is 0 Å². The Balaban J connectivity index is 2.19. The molecule has 1 saturated heterocycles. The molecule has 6 heteroatoms. The first-order valence-electron chi connectivity index (χ1n) is 5.90. The zero-order chi connectivity index (χ0) is 14.0. The predicted octanol–water partition coefficient (Wildman–Crippen LogP) is 1.02. The van der Waals surface area contributed by atoms with Crippen molar-refractivity contribution in [2.75, 3.05) is 27.3 Å². The molecule has 104 valence electrons. The Kier molecular flexibility index (Phi) is 4.01. The molecule has 0 aromatic heterocycles. The normalized spacial score (nSPS) is 22.8. The summed E-state index contributed by atoms with van der Waals surface area (Å²) in [4.78, 5) is 13.7. The SMILES string of the molecule is COC1CN(C(=O)c2cc(F)ccc2O)CC1OC. The molecule has 1 fully saturated rings. The minimum Gasteiger partial charge on any atom is -0.507 e. The number of ether oxygens (including phenoxy) is 2. The van der Waals surface area contributed by atoms with E-state index in [9.17, 15) is 14.3 Å². The highest BCUT2D eigenvalue weighted by molar-refractivity contribution is 5.97. The molecule has 0 radical (unpaired) electrons. The third kappa shape index (κ3) is 2.69. The molecular weight excluding hydrogens is 253 g/mol. The molecule has 2 atom stereocenters. The van der Waals surface area contributed by atoms with Crippen molar-refractivity contribution < 1.29 is 23.8 Å². The number of phenols is 1. The molecule has 1 aliphatic rings. The number of carbonyl (C=O) groups excluding carboxylic acids is 1. The molecule has 1 heterocycles. The first-order chi connectivity index (χ1) is 9.06. The van der Waals surface area contributed by atoms with Crippen molar-refractivity contribution in [1.82, 2.24) is 4.90 Å². The molecule has 5 nitrogen and oxygen atoms in total. The number of amides is 1. The first kappa shape index (κ1) is 13.8. The van der Waals surface area contributed by atoms with Crippen LogP contribution < -0.4 is 0 Å². The van der Waals surface area contributed by atoms with E-state index in [-0.39, 0.29) is 23.5 Å². The van der Waals surface area contributed by atoms with Gasteiger partial charge in [-0.1, -0.05) is 0 Å². The minimum absolute atomic E-state index is 0.0494. The van der Waals surface area contributed by atoms with Crippen LogP contribution in [0.15, 0.2) is 18.2 Å². The molecule has 1 amide bonds. The number of hydrogen-bond donors (Lipinski definition) is 1. The Morgan fingerprint density at radius 3 is 2.42 bits per heavy atom. The lowest BCUT2D eigenvalue weighted by Crippen LogP contribution is -2.30. The number of likely N-dealkylation sites (tertiary alicyclic amines) is 1. The summed E-state index contributed by atoms with van der Waals surface area (Å²) < 4.78 is 23.6. The zero-order valence-corrected chi connectivity index (χ0v) is 10.8. The molecule has 0 saturated carbocycles. The summed E-state index contributed by atoms with van der Waals surface area (Å²) in [6, 6.07) is 3.30. The van der Waals surface area contributed by atoms with Crippen LogP contribution in [0.2, 0.25) is 0 Å². The monoisotopic (exact) mass is 269 g/mol. The van der Waals surface area contributed by atoms with E-state index in [1.54, 1.807) is 14.2 Å². The van der Waals surface area contributed by atoms with Crippen LogP contribution in [0, 0.1) is 5.82 Å². The Morgan fingerprint density at radius 2 is 1.89 bits per heavy atom. The van der Waals surface area contributed by atoms with E-state index in [0.29, 0.717) is 13.1 Å². The van der Waals surface area contributed by atoms with Gasteiger partial charge in [0.2, 0.25) is 0 Å². The molecule has 2 unspecified atom stereocenters. The van der Waals surface area contributed by atoms with Gasteiger partial charge < -0.3 is 19.5 Å². The molecule has 1 aromatic carbocycles. The van der Waals surface area contributed by atoms with Crippen LogP contribution in [0.1, 0.15) is 10.4 Å². The number of aromatic hydroxyl groups is 1. The third-order valence-electron chi connectivity index (χ3n) is 3.30. The van der Waals surface area contributed by atoms with Crippen molar-refractivity contribution in [3.8, 4) is 5.75 Å². The summed E-state index contributed by atoms with van der Waals surface area (Å²) in [6.07, 6.45) is -0.436. The lowest BCUT2D eigenvalue weighted by atomic mass is 10.1. The van der Waals surface area contributed by atoms with E-state index in [4.69, 9.17) is 9.47 Å². The number of phenolic OH excluding ortho intramolecular Hbond substituents is 1. The molecule has 19 heavy (non-hydrogen) atoms. The van der Waals surface area contributed by atoms with Crippen molar-refractivity contribution in [2.24, 2.45) is 0 Å². The Hall–Kier alpha value is -1.66. The molecule has 1 aromatic rings. The van der Waals surface area contributed by atoms with Crippen LogP contribution in [-0.4, -0.2) is 55.4 Å². The molecule has 1 aliphatic heterocycles. The Bertz CT molecular complexity index is 468. The minimum atomic E-state index is -0.563. The quantitative estimate of drug-likeness (QED) is 0.890. The number of methoxy groups -OCH3 is 2. The van der Waals surface area contributed by atoms with Gasteiger partial charge in [0.15, 0.2) is 0 Å². The summed E-state index contributed by atoms with van der Waals surface area (Å²) in [5, 5.41) is 9.64. The third-order valence-corrected chi connectivity index (χ3v) is 3.30. The second kappa shape index (κ2) is 5.54. The number of carbonyl (C=O) groups is 1. The largest absolute Gasteiger partial charge is 0.507 e. The summed E-state index contributed by atoms with van der Waals surface area (Å²) >= 11 is 0. The summed E-state index contributed by atoms with van der Waals surface area (Å²) in [7, 11) is 3.09. The fourth-order valence-electron chi connectivity index (χ4n) is 2.21. The van der Waals surface area contributed by atoms with Gasteiger partial charge in [0.1, 0.15) is 23.8 Å². The Morgan fingerprint density at radius 1 is 1.32 bits per heavy atom. The van der Waals surface area contributed by atoms with Gasteiger partial charge in [-0.3, -0.25) is 4.79 Å². The van der Waals surface area contributed by atoms with Crippen LogP contribution in [0.25, 0.3) is 0 Å². The summed E-state index contributed by atoms with van der Waals surface area (Å²) in [5.74, 6) is -1.23. The maximum Gasteiger partial charge on any atom is 0.257 e. The highest BCUT2D eigenvalue weighted by atomic mass is 19.1. The van der Waals surface area contributed by atoms with Gasteiger partial charge in [0.05, 0.1) is 5.56 Å². The second-order valence-electron chi connectivity index (χ2n) is 4.42. The molecule has 0 bridgehead atoms. The number of benzene rings is 1. The average molecular weight is 269 g/mol. The van der Waals surface area contributed by atoms with E-state index < -0.39 is 11.7 Å². The van der Waals surface area contributed by atoms with Gasteiger partial charge >= 0.3 is 0 Å². The van der Waals surface area contributed by atoms with Crippen LogP contribution in [0.4, 0.5) is 4.39 Å². The average Bonchev–Trinajstić information content (AvgIpc) is 2.84. The van der Waals surface area contributed by atoms with Gasteiger partial charge in [-0.2, -0.15) is 0 Å². The number of rotatable bonds is 3. The lowest BCUT2D eigenvalue weighted by molar-refractivity contribution is -0.00461. The van der Waals surface area contributed by atoms with Crippen molar-refractivity contribution >= 4 is 5.91 Å². The zero-order valence-electron chi connectivity index (χ0n) is 10.8. The summed E-state index contributed by atoms with van der Waals surface area (Å²) in [6.45, 7) is 0.702. The molecule has 2 rings (SSSR count). The van der Waals surface area contributed by atoms with Crippen molar-refractivity contribution in [3.05, 3.63) is 29.6 Å². The van der Waals surface area contributed by atoms with Crippen molar-refractivity contribution in [3.63, 3.8) is 0 Å². The number of halogens is 1. The fourth-order valence-corrected chi connectivity index (χ4v) is 2.21. The summed E-state index contributed by atoms with van der Waals surface area (Å²) in [5.41, 5.74) is -0.0494. The number of hydrogen-bond acceptors (Lipinski definition) is 4. The maximum absolute atomic E-state index is 13.1. The van der Waals surface area contributed by atoms with E-state index in [0.717, 1.165) is 12.1 Å². The van der Waals surface area contributed by atoms with E-state index in [2.05, 4.69) is 0 Å². The van der Waals surface area contributed by atoms with Gasteiger partial charge in [-0.05, 0) is 18.2 Å². The molecular formula is C13H16FNO4. The maximum atomic E-state index is 13.1. The van der Waals surface area contributed by atoms with Gasteiger partial charge in [0.25, 0.3) is 5.91 Å².